The summed E-state index contributed by atoms with van der Waals surface area (Å²) in [6.45, 7) is 0. The maximum absolute atomic E-state index is 9.73. The molecule has 6 aromatic carbocycles. The zero-order chi connectivity index (χ0) is 34.7. The minimum absolute atomic E-state index is 0.0271. The maximum Gasteiger partial charge on any atom is 0.138 e. The van der Waals surface area contributed by atoms with Gasteiger partial charge in [0.2, 0.25) is 0 Å². The Balaban J connectivity index is 1.36. The van der Waals surface area contributed by atoms with Crippen LogP contribution >= 0.6 is 0 Å². The Bertz CT molecular complexity index is 3050. The van der Waals surface area contributed by atoms with Crippen LogP contribution in [0.5, 0.6) is 0 Å². The maximum atomic E-state index is 9.73. The molecular weight excluding hydrogens is 548 g/mol. The van der Waals surface area contributed by atoms with E-state index in [1.165, 1.54) is 0 Å². The van der Waals surface area contributed by atoms with Gasteiger partial charge in [0, 0.05) is 43.7 Å². The molecule has 4 nitrogen and oxygen atoms in total. The number of nitrogens with zero attached hydrogens (tertiary/aromatic N) is 4. The molecule has 0 atom stereocenters. The van der Waals surface area contributed by atoms with Crippen LogP contribution in [0.3, 0.4) is 0 Å². The summed E-state index contributed by atoms with van der Waals surface area (Å²) >= 11 is 0. The molecule has 4 aromatic heterocycles. The third-order valence-electron chi connectivity index (χ3n) is 8.83. The molecule has 0 amide bonds. The third kappa shape index (κ3) is 3.39. The van der Waals surface area contributed by atoms with Crippen molar-refractivity contribution < 1.29 is 8.22 Å². The predicted octanol–water partition coefficient (Wildman–Crippen LogP) is 10.4. The number of rotatable bonds is 3. The van der Waals surface area contributed by atoms with E-state index in [9.17, 15) is 2.74 Å². The van der Waals surface area contributed by atoms with Crippen molar-refractivity contribution in [2.45, 2.75) is 0 Å². The van der Waals surface area contributed by atoms with Gasteiger partial charge < -0.3 is 9.13 Å². The molecule has 0 saturated carbocycles. The van der Waals surface area contributed by atoms with Gasteiger partial charge in [-0.25, -0.2) is 4.98 Å². The first kappa shape index (κ1) is 19.2. The molecule has 10 aromatic rings. The van der Waals surface area contributed by atoms with Gasteiger partial charge in [0.05, 0.1) is 47.5 Å². The summed E-state index contributed by atoms with van der Waals surface area (Å²) in [7, 11) is 0. The molecule has 0 spiro atoms. The lowest BCUT2D eigenvalue weighted by molar-refractivity contribution is 1.08. The Labute approximate surface area is 267 Å². The number of hydrogen-bond donors (Lipinski definition) is 0. The van der Waals surface area contributed by atoms with Crippen LogP contribution in [-0.4, -0.2) is 18.7 Å². The molecule has 0 bridgehead atoms. The average Bonchev–Trinajstić information content (AvgIpc) is 3.81. The van der Waals surface area contributed by atoms with Gasteiger partial charge in [-0.3, -0.25) is 4.57 Å². The van der Waals surface area contributed by atoms with E-state index < -0.39 is 6.04 Å². The monoisotopic (exact) mass is 580 g/mol. The number of hydrogen-bond acceptors (Lipinski definition) is 1. The van der Waals surface area contributed by atoms with Gasteiger partial charge in [-0.2, -0.15) is 0 Å². The second-order valence-corrected chi connectivity index (χ2v) is 11.2. The van der Waals surface area contributed by atoms with Crippen LogP contribution in [0.25, 0.3) is 82.6 Å². The molecule has 0 radical (unpaired) electrons. The first-order valence-electron chi connectivity index (χ1n) is 17.8. The summed E-state index contributed by atoms with van der Waals surface area (Å²) in [5.41, 5.74) is 5.56. The summed E-state index contributed by atoms with van der Waals surface area (Å²) < 4.78 is 60.5. The van der Waals surface area contributed by atoms with E-state index in [-0.39, 0.29) is 58.0 Å². The van der Waals surface area contributed by atoms with E-state index in [1.54, 1.807) is 4.57 Å². The van der Waals surface area contributed by atoms with Crippen molar-refractivity contribution in [3.05, 3.63) is 158 Å². The zero-order valence-electron chi connectivity index (χ0n) is 29.8. The molecule has 0 saturated heterocycles. The highest BCUT2D eigenvalue weighted by molar-refractivity contribution is 6.13. The molecule has 10 rings (SSSR count). The van der Waals surface area contributed by atoms with Crippen molar-refractivity contribution in [2.24, 2.45) is 0 Å². The molecule has 0 aliphatic rings. The van der Waals surface area contributed by atoms with Crippen molar-refractivity contribution in [2.75, 3.05) is 0 Å². The van der Waals surface area contributed by atoms with Gasteiger partial charge >= 0.3 is 0 Å². The first-order chi connectivity index (χ1) is 24.8. The van der Waals surface area contributed by atoms with Crippen LogP contribution in [0.2, 0.25) is 0 Å². The first-order valence-corrected chi connectivity index (χ1v) is 14.8. The number of benzene rings is 6. The van der Waals surface area contributed by atoms with Crippen molar-refractivity contribution in [3.63, 3.8) is 0 Å². The summed E-state index contributed by atoms with van der Waals surface area (Å²) in [6, 6.07) is 38.6. The van der Waals surface area contributed by atoms with Gasteiger partial charge in [-0.05, 0) is 54.5 Å². The Morgan fingerprint density at radius 1 is 0.422 bits per heavy atom. The Kier molecular flexibility index (Phi) is 3.92. The van der Waals surface area contributed by atoms with Gasteiger partial charge in [0.25, 0.3) is 0 Å². The van der Waals surface area contributed by atoms with Crippen LogP contribution < -0.4 is 0 Å². The van der Waals surface area contributed by atoms with Crippen molar-refractivity contribution in [3.8, 4) is 17.2 Å². The molecular formula is C41H26N4. The number of pyridine rings is 1. The fourth-order valence-electron chi connectivity index (χ4n) is 6.94. The van der Waals surface area contributed by atoms with E-state index in [2.05, 4.69) is 16.7 Å². The van der Waals surface area contributed by atoms with E-state index in [4.69, 9.17) is 10.5 Å². The Morgan fingerprint density at radius 3 is 1.71 bits per heavy atom. The standard InChI is InChI=1S/C41H26N4/c1-2-12-27(13-3-1)43-35-18-8-4-16-31(35)33-23-22-28(24-39(33)43)44-36-19-9-7-17-32(36)34-25-41(42-26-40(34)44)45-37-20-10-5-14-29(37)30-15-6-11-21-38(30)45/h1-26H/i7D,9D,17D,19D,25D,26D. The highest BCUT2D eigenvalue weighted by Crippen LogP contribution is 2.38. The van der Waals surface area contributed by atoms with Crippen molar-refractivity contribution in [1.29, 1.82) is 0 Å². The van der Waals surface area contributed by atoms with Crippen molar-refractivity contribution in [1.82, 2.24) is 18.7 Å². The van der Waals surface area contributed by atoms with Crippen LogP contribution in [0, 0.1) is 0 Å². The fraction of sp³-hybridized carbons (Fsp3) is 0. The smallest absolute Gasteiger partial charge is 0.138 e. The molecule has 4 heteroatoms. The van der Waals surface area contributed by atoms with Gasteiger partial charge in [-0.15, -0.1) is 0 Å². The molecule has 4 heterocycles. The molecule has 0 unspecified atom stereocenters. The third-order valence-corrected chi connectivity index (χ3v) is 8.83. The topological polar surface area (TPSA) is 27.7 Å². The molecule has 45 heavy (non-hydrogen) atoms. The highest BCUT2D eigenvalue weighted by atomic mass is 15.1. The highest BCUT2D eigenvalue weighted by Gasteiger charge is 2.18. The number of para-hydroxylation sites is 5. The molecule has 0 aliphatic carbocycles. The molecule has 210 valence electrons. The second kappa shape index (κ2) is 9.18. The zero-order valence-corrected chi connectivity index (χ0v) is 23.8. The second-order valence-electron chi connectivity index (χ2n) is 11.2. The van der Waals surface area contributed by atoms with Crippen LogP contribution in [0.15, 0.2) is 158 Å². The molecule has 0 N–H and O–H groups in total. The predicted molar refractivity (Wildman–Crippen MR) is 187 cm³/mol. The SMILES string of the molecule is [2H]c1c([2H])c([2H])c2c(c1[2H])c1c([2H])c(-n3c4ccccc4c4ccccc43)nc([2H])c1n2-c1ccc2c3ccccc3n(-c3ccccc3)c2c1. The molecule has 0 aliphatic heterocycles. The minimum atomic E-state index is -0.396. The van der Waals surface area contributed by atoms with Crippen molar-refractivity contribution >= 4 is 65.4 Å². The van der Waals surface area contributed by atoms with Crippen LogP contribution in [0.4, 0.5) is 0 Å². The van der Waals surface area contributed by atoms with E-state index in [0.717, 1.165) is 49.3 Å². The lowest BCUT2D eigenvalue weighted by atomic mass is 10.1. The van der Waals surface area contributed by atoms with Gasteiger partial charge in [0.15, 0.2) is 0 Å². The Morgan fingerprint density at radius 2 is 1.00 bits per heavy atom. The van der Waals surface area contributed by atoms with E-state index in [0.29, 0.717) is 5.69 Å². The van der Waals surface area contributed by atoms with E-state index >= 15 is 0 Å². The quantitative estimate of drug-likeness (QED) is 0.204. The summed E-state index contributed by atoms with van der Waals surface area (Å²) in [5.74, 6) is 0.219. The molecule has 0 fully saturated rings. The summed E-state index contributed by atoms with van der Waals surface area (Å²) in [6.07, 6.45) is -0.144. The van der Waals surface area contributed by atoms with Crippen LogP contribution in [0.1, 0.15) is 8.22 Å². The lowest BCUT2D eigenvalue weighted by Gasteiger charge is -2.11. The normalized spacial score (nSPS) is 13.9. The summed E-state index contributed by atoms with van der Waals surface area (Å²) in [4.78, 5) is 4.79. The lowest BCUT2D eigenvalue weighted by Crippen LogP contribution is -1.99. The number of aromatic nitrogens is 4. The largest absolute Gasteiger partial charge is 0.309 e. The average molecular weight is 581 g/mol. The Hall–Kier alpha value is -6.13. The fourth-order valence-corrected chi connectivity index (χ4v) is 6.94. The number of fused-ring (bicyclic) bond motifs is 9. The van der Waals surface area contributed by atoms with Gasteiger partial charge in [-0.1, -0.05) is 97.0 Å². The minimum Gasteiger partial charge on any atom is -0.309 e. The summed E-state index contributed by atoms with van der Waals surface area (Å²) in [5, 5.41) is 4.47. The van der Waals surface area contributed by atoms with Gasteiger partial charge in [0.1, 0.15) is 5.82 Å². The van der Waals surface area contributed by atoms with Crippen LogP contribution in [-0.2, 0) is 0 Å². The van der Waals surface area contributed by atoms with E-state index in [1.807, 2.05) is 114 Å².